The molecule has 0 atom stereocenters. The predicted molar refractivity (Wildman–Crippen MR) is 61.8 cm³/mol. The van der Waals surface area contributed by atoms with Gasteiger partial charge in [0.25, 0.3) is 0 Å². The molecule has 0 bridgehead atoms. The minimum Gasteiger partial charge on any atom is -0.0660 e. The van der Waals surface area contributed by atoms with Crippen LogP contribution in [0.5, 0.6) is 0 Å². The summed E-state index contributed by atoms with van der Waals surface area (Å²) in [4.78, 5) is 0. The molecule has 0 saturated heterocycles. The fourth-order valence-electron chi connectivity index (χ4n) is 1.97. The fraction of sp³-hybridized carbons (Fsp3) is 0.357. The molecule has 0 unspecified atom stereocenters. The van der Waals surface area contributed by atoms with Crippen LogP contribution in [0, 0.1) is 6.42 Å². The van der Waals surface area contributed by atoms with Crippen LogP contribution < -0.4 is 0 Å². The maximum absolute atomic E-state index is 2.33. The molecule has 0 saturated carbocycles. The molecular formula is C14H17. The summed E-state index contributed by atoms with van der Waals surface area (Å²) in [7, 11) is 0. The molecule has 0 aliphatic heterocycles. The van der Waals surface area contributed by atoms with E-state index in [0.29, 0.717) is 0 Å². The van der Waals surface area contributed by atoms with Crippen LogP contribution in [0.4, 0.5) is 0 Å². The summed E-state index contributed by atoms with van der Waals surface area (Å²) in [5.74, 6) is 0. The molecule has 0 heterocycles. The van der Waals surface area contributed by atoms with E-state index in [4.69, 9.17) is 0 Å². The Morgan fingerprint density at radius 3 is 2.29 bits per heavy atom. The van der Waals surface area contributed by atoms with Crippen molar-refractivity contribution in [2.75, 3.05) is 0 Å². The van der Waals surface area contributed by atoms with Crippen LogP contribution in [0.25, 0.3) is 0 Å². The standard InChI is InChI=1S/C14H17/c1-9-5-13-7-11(3)12(4)8-14(13)6-10(9)2/h5-7H,8H2,1-4H3. The van der Waals surface area contributed by atoms with Gasteiger partial charge in [-0.2, -0.15) is 0 Å². The van der Waals surface area contributed by atoms with Crippen molar-refractivity contribution in [3.05, 3.63) is 52.0 Å². The lowest BCUT2D eigenvalue weighted by Crippen LogP contribution is -2.05. The Morgan fingerprint density at radius 1 is 0.857 bits per heavy atom. The molecule has 0 N–H and O–H groups in total. The number of hydrogen-bond donors (Lipinski definition) is 0. The highest BCUT2D eigenvalue weighted by molar-refractivity contribution is 5.58. The van der Waals surface area contributed by atoms with Gasteiger partial charge in [0.05, 0.1) is 0 Å². The molecule has 1 radical (unpaired) electrons. The maximum Gasteiger partial charge on any atom is 0.0160 e. The van der Waals surface area contributed by atoms with Crippen LogP contribution in [0.3, 0.4) is 0 Å². The zero-order valence-corrected chi connectivity index (χ0v) is 9.44. The Morgan fingerprint density at radius 2 is 1.57 bits per heavy atom. The lowest BCUT2D eigenvalue weighted by Gasteiger charge is -2.24. The predicted octanol–water partition coefficient (Wildman–Crippen LogP) is 4.13. The van der Waals surface area contributed by atoms with Crippen molar-refractivity contribution in [3.8, 4) is 0 Å². The normalized spacial score (nSPS) is 22.0. The van der Waals surface area contributed by atoms with E-state index in [1.807, 2.05) is 0 Å². The summed E-state index contributed by atoms with van der Waals surface area (Å²) in [5, 5.41) is 0. The monoisotopic (exact) mass is 185 g/mol. The van der Waals surface area contributed by atoms with Crippen molar-refractivity contribution in [3.63, 3.8) is 0 Å². The average Bonchev–Trinajstić information content (AvgIpc) is 2.11. The van der Waals surface area contributed by atoms with E-state index < -0.39 is 0 Å². The van der Waals surface area contributed by atoms with E-state index in [0.717, 1.165) is 6.42 Å². The first-order valence-corrected chi connectivity index (χ1v) is 5.19. The molecule has 0 spiro atoms. The molecule has 73 valence electrons. The number of fused-ring (bicyclic) bond motifs is 1. The third kappa shape index (κ3) is 1.50. The van der Waals surface area contributed by atoms with Crippen molar-refractivity contribution >= 4 is 0 Å². The highest BCUT2D eigenvalue weighted by atomic mass is 14.2. The Balaban J connectivity index is 2.42. The topological polar surface area (TPSA) is 0 Å². The summed E-state index contributed by atoms with van der Waals surface area (Å²) in [6.07, 6.45) is 8.07. The first-order chi connectivity index (χ1) is 6.58. The quantitative estimate of drug-likeness (QED) is 0.532. The van der Waals surface area contributed by atoms with Gasteiger partial charge in [-0.1, -0.05) is 34.4 Å². The van der Waals surface area contributed by atoms with E-state index in [1.165, 1.54) is 33.4 Å². The molecule has 0 heteroatoms. The van der Waals surface area contributed by atoms with Gasteiger partial charge in [-0.05, 0) is 45.3 Å². The molecule has 0 nitrogen and oxygen atoms in total. The largest absolute Gasteiger partial charge is 0.0660 e. The Labute approximate surface area is 86.7 Å². The number of allylic oxidation sites excluding steroid dienone is 8. The maximum atomic E-state index is 2.33. The SMILES string of the molecule is CC1=C(C)C=C2CC(C)=C(C)C=C2[CH]1. The summed E-state index contributed by atoms with van der Waals surface area (Å²) >= 11 is 0. The van der Waals surface area contributed by atoms with Gasteiger partial charge in [0.1, 0.15) is 0 Å². The van der Waals surface area contributed by atoms with Gasteiger partial charge in [0.15, 0.2) is 0 Å². The molecule has 2 aliphatic carbocycles. The molecule has 2 rings (SSSR count). The molecule has 0 aromatic rings. The summed E-state index contributed by atoms with van der Waals surface area (Å²) in [6.45, 7) is 8.80. The van der Waals surface area contributed by atoms with Gasteiger partial charge in [-0.3, -0.25) is 0 Å². The first-order valence-electron chi connectivity index (χ1n) is 5.19. The fourth-order valence-corrected chi connectivity index (χ4v) is 1.97. The minimum atomic E-state index is 1.12. The van der Waals surface area contributed by atoms with Crippen molar-refractivity contribution in [1.29, 1.82) is 0 Å². The highest BCUT2D eigenvalue weighted by Gasteiger charge is 2.17. The second-order valence-corrected chi connectivity index (χ2v) is 4.42. The zero-order valence-electron chi connectivity index (χ0n) is 9.44. The zero-order chi connectivity index (χ0) is 10.3. The van der Waals surface area contributed by atoms with Gasteiger partial charge in [0, 0.05) is 6.42 Å². The van der Waals surface area contributed by atoms with Crippen LogP contribution in [0.15, 0.2) is 45.6 Å². The minimum absolute atomic E-state index is 1.12. The summed E-state index contributed by atoms with van der Waals surface area (Å²) in [6, 6.07) is 0. The Hall–Kier alpha value is -1.04. The smallest absolute Gasteiger partial charge is 0.0160 e. The Kier molecular flexibility index (Phi) is 2.22. The third-order valence-electron chi connectivity index (χ3n) is 3.26. The average molecular weight is 185 g/mol. The van der Waals surface area contributed by atoms with Gasteiger partial charge < -0.3 is 0 Å². The molecular weight excluding hydrogens is 168 g/mol. The number of rotatable bonds is 0. The van der Waals surface area contributed by atoms with Gasteiger partial charge in [-0.15, -0.1) is 0 Å². The second-order valence-electron chi connectivity index (χ2n) is 4.42. The third-order valence-corrected chi connectivity index (χ3v) is 3.26. The highest BCUT2D eigenvalue weighted by Crippen LogP contribution is 2.36. The van der Waals surface area contributed by atoms with Crippen LogP contribution in [0.2, 0.25) is 0 Å². The van der Waals surface area contributed by atoms with Crippen LogP contribution in [-0.4, -0.2) is 0 Å². The van der Waals surface area contributed by atoms with Gasteiger partial charge >= 0.3 is 0 Å². The summed E-state index contributed by atoms with van der Waals surface area (Å²) in [5.41, 5.74) is 8.63. The molecule has 0 aromatic carbocycles. The van der Waals surface area contributed by atoms with Crippen LogP contribution >= 0.6 is 0 Å². The van der Waals surface area contributed by atoms with E-state index in [1.54, 1.807) is 0 Å². The van der Waals surface area contributed by atoms with E-state index in [-0.39, 0.29) is 0 Å². The van der Waals surface area contributed by atoms with E-state index in [9.17, 15) is 0 Å². The molecule has 2 aliphatic rings. The van der Waals surface area contributed by atoms with Crippen molar-refractivity contribution < 1.29 is 0 Å². The summed E-state index contributed by atoms with van der Waals surface area (Å²) < 4.78 is 0. The number of hydrogen-bond acceptors (Lipinski definition) is 0. The Bertz CT molecular complexity index is 358. The lowest BCUT2D eigenvalue weighted by atomic mass is 9.81. The van der Waals surface area contributed by atoms with Gasteiger partial charge in [-0.25, -0.2) is 0 Å². The van der Waals surface area contributed by atoms with E-state index >= 15 is 0 Å². The molecule has 0 amide bonds. The van der Waals surface area contributed by atoms with Crippen molar-refractivity contribution in [2.45, 2.75) is 34.1 Å². The second kappa shape index (κ2) is 3.27. The van der Waals surface area contributed by atoms with Crippen LogP contribution in [0.1, 0.15) is 34.1 Å². The molecule has 0 aromatic heterocycles. The van der Waals surface area contributed by atoms with Crippen molar-refractivity contribution in [2.24, 2.45) is 0 Å². The first kappa shape index (κ1) is 9.51. The van der Waals surface area contributed by atoms with E-state index in [2.05, 4.69) is 46.3 Å². The molecule has 0 fully saturated rings. The van der Waals surface area contributed by atoms with Gasteiger partial charge in [0.2, 0.25) is 0 Å². The molecule has 14 heavy (non-hydrogen) atoms. The van der Waals surface area contributed by atoms with Crippen LogP contribution in [-0.2, 0) is 0 Å². The lowest BCUT2D eigenvalue weighted by molar-refractivity contribution is 1.03. The van der Waals surface area contributed by atoms with Crippen molar-refractivity contribution in [1.82, 2.24) is 0 Å².